The lowest BCUT2D eigenvalue weighted by molar-refractivity contribution is -0.122. The summed E-state index contributed by atoms with van der Waals surface area (Å²) in [7, 11) is 0. The van der Waals surface area contributed by atoms with Crippen molar-refractivity contribution in [2.75, 3.05) is 0 Å². The van der Waals surface area contributed by atoms with Crippen molar-refractivity contribution < 1.29 is 4.79 Å². The van der Waals surface area contributed by atoms with E-state index >= 15 is 0 Å². The van der Waals surface area contributed by atoms with Crippen LogP contribution in [0.3, 0.4) is 0 Å². The molecule has 2 aromatic rings. The monoisotopic (exact) mass is 278 g/mol. The Bertz CT molecular complexity index is 580. The fourth-order valence-corrected chi connectivity index (χ4v) is 1.86. The molecule has 0 saturated heterocycles. The maximum atomic E-state index is 11.8. The molecule has 0 aliphatic heterocycles. The lowest BCUT2D eigenvalue weighted by atomic mass is 10.3. The number of carbonyl (C=O) groups is 1. The van der Waals surface area contributed by atoms with Crippen LogP contribution in [0.5, 0.6) is 0 Å². The molecule has 0 aliphatic rings. The fraction of sp³-hybridized carbons (Fsp3) is 0.308. The van der Waals surface area contributed by atoms with Crippen molar-refractivity contribution >= 4 is 17.5 Å². The van der Waals surface area contributed by atoms with Gasteiger partial charge in [0.2, 0.25) is 5.91 Å². The molecule has 19 heavy (non-hydrogen) atoms. The lowest BCUT2D eigenvalue weighted by Crippen LogP contribution is -2.28. The van der Waals surface area contributed by atoms with Crippen LogP contribution in [-0.4, -0.2) is 20.7 Å². The van der Waals surface area contributed by atoms with Gasteiger partial charge in [0.15, 0.2) is 0 Å². The third-order valence-electron chi connectivity index (χ3n) is 2.83. The summed E-state index contributed by atoms with van der Waals surface area (Å²) in [6, 6.07) is 3.72. The van der Waals surface area contributed by atoms with Gasteiger partial charge in [-0.3, -0.25) is 14.5 Å². The molecule has 5 nitrogen and oxygen atoms in total. The number of nitrogens with one attached hydrogen (secondary N) is 1. The van der Waals surface area contributed by atoms with Crippen LogP contribution in [-0.2, 0) is 17.9 Å². The van der Waals surface area contributed by atoms with Gasteiger partial charge in [-0.1, -0.05) is 11.6 Å². The minimum absolute atomic E-state index is 0.0981. The van der Waals surface area contributed by atoms with E-state index in [1.165, 1.54) is 0 Å². The summed E-state index contributed by atoms with van der Waals surface area (Å²) >= 11 is 6.03. The Balaban J connectivity index is 1.93. The second-order valence-corrected chi connectivity index (χ2v) is 4.65. The minimum Gasteiger partial charge on any atom is -0.350 e. The molecule has 2 aromatic heterocycles. The highest BCUT2D eigenvalue weighted by molar-refractivity contribution is 6.31. The van der Waals surface area contributed by atoms with Crippen LogP contribution in [0, 0.1) is 13.8 Å². The van der Waals surface area contributed by atoms with Gasteiger partial charge in [0.25, 0.3) is 0 Å². The van der Waals surface area contributed by atoms with E-state index in [2.05, 4.69) is 15.4 Å². The molecule has 0 spiro atoms. The molecule has 0 radical (unpaired) electrons. The van der Waals surface area contributed by atoms with Gasteiger partial charge in [-0.05, 0) is 31.5 Å². The molecule has 0 saturated carbocycles. The number of pyridine rings is 1. The summed E-state index contributed by atoms with van der Waals surface area (Å²) in [5, 5.41) is 7.66. The highest BCUT2D eigenvalue weighted by Gasteiger charge is 2.11. The van der Waals surface area contributed by atoms with Crippen LogP contribution in [0.25, 0.3) is 0 Å². The van der Waals surface area contributed by atoms with E-state index in [4.69, 9.17) is 11.6 Å². The number of carbonyl (C=O) groups excluding carboxylic acids is 1. The largest absolute Gasteiger partial charge is 0.350 e. The molecular formula is C13H15ClN4O. The molecule has 0 fully saturated rings. The SMILES string of the molecule is Cc1nn(CC(=O)NCc2ccncc2)c(C)c1Cl. The third-order valence-corrected chi connectivity index (χ3v) is 3.37. The molecule has 0 unspecified atom stereocenters. The molecule has 0 atom stereocenters. The Kier molecular flexibility index (Phi) is 4.16. The van der Waals surface area contributed by atoms with Crippen molar-refractivity contribution in [1.82, 2.24) is 20.1 Å². The van der Waals surface area contributed by atoms with E-state index in [0.29, 0.717) is 11.6 Å². The molecule has 6 heteroatoms. The number of aromatic nitrogens is 3. The average molecular weight is 279 g/mol. The van der Waals surface area contributed by atoms with Gasteiger partial charge in [0.05, 0.1) is 16.4 Å². The van der Waals surface area contributed by atoms with Gasteiger partial charge >= 0.3 is 0 Å². The zero-order chi connectivity index (χ0) is 13.8. The Hall–Kier alpha value is -1.88. The Morgan fingerprint density at radius 2 is 2.05 bits per heavy atom. The van der Waals surface area contributed by atoms with Crippen LogP contribution in [0.1, 0.15) is 17.0 Å². The first-order chi connectivity index (χ1) is 9.08. The zero-order valence-electron chi connectivity index (χ0n) is 10.9. The summed E-state index contributed by atoms with van der Waals surface area (Å²) in [5.41, 5.74) is 2.55. The van der Waals surface area contributed by atoms with Crippen LogP contribution < -0.4 is 5.32 Å². The molecule has 1 N–H and O–H groups in total. The summed E-state index contributed by atoms with van der Waals surface area (Å²) in [4.78, 5) is 15.8. The van der Waals surface area contributed by atoms with Crippen molar-refractivity contribution in [3.05, 3.63) is 46.5 Å². The second kappa shape index (κ2) is 5.84. The zero-order valence-corrected chi connectivity index (χ0v) is 11.6. The van der Waals surface area contributed by atoms with Gasteiger partial charge in [-0.25, -0.2) is 0 Å². The molecule has 100 valence electrons. The highest BCUT2D eigenvalue weighted by atomic mass is 35.5. The van der Waals surface area contributed by atoms with Gasteiger partial charge in [0.1, 0.15) is 6.54 Å². The first-order valence-corrected chi connectivity index (χ1v) is 6.31. The highest BCUT2D eigenvalue weighted by Crippen LogP contribution is 2.18. The van der Waals surface area contributed by atoms with E-state index < -0.39 is 0 Å². The van der Waals surface area contributed by atoms with Crippen molar-refractivity contribution in [3.8, 4) is 0 Å². The van der Waals surface area contributed by atoms with Crippen LogP contribution in [0.15, 0.2) is 24.5 Å². The summed E-state index contributed by atoms with van der Waals surface area (Å²) in [6.45, 7) is 4.32. The Morgan fingerprint density at radius 3 is 2.63 bits per heavy atom. The quantitative estimate of drug-likeness (QED) is 0.929. The Labute approximate surface area is 116 Å². The normalized spacial score (nSPS) is 10.5. The van der Waals surface area contributed by atoms with Crippen LogP contribution in [0.2, 0.25) is 5.02 Å². The van der Waals surface area contributed by atoms with Gasteiger partial charge < -0.3 is 5.32 Å². The van der Waals surface area contributed by atoms with E-state index in [0.717, 1.165) is 17.0 Å². The number of hydrogen-bond acceptors (Lipinski definition) is 3. The number of hydrogen-bond donors (Lipinski definition) is 1. The number of amides is 1. The summed E-state index contributed by atoms with van der Waals surface area (Å²) < 4.78 is 1.61. The molecule has 2 rings (SSSR count). The molecule has 0 bridgehead atoms. The summed E-state index contributed by atoms with van der Waals surface area (Å²) in [5.74, 6) is -0.0981. The summed E-state index contributed by atoms with van der Waals surface area (Å²) in [6.07, 6.45) is 3.39. The fourth-order valence-electron chi connectivity index (χ4n) is 1.72. The van der Waals surface area contributed by atoms with Crippen LogP contribution >= 0.6 is 11.6 Å². The second-order valence-electron chi connectivity index (χ2n) is 4.27. The lowest BCUT2D eigenvalue weighted by Gasteiger charge is -2.06. The van der Waals surface area contributed by atoms with Gasteiger partial charge in [0, 0.05) is 18.9 Å². The topological polar surface area (TPSA) is 59.8 Å². The molecular weight excluding hydrogens is 264 g/mol. The predicted octanol–water partition coefficient (Wildman–Crippen LogP) is 1.86. The number of aryl methyl sites for hydroxylation is 1. The van der Waals surface area contributed by atoms with Crippen molar-refractivity contribution in [2.24, 2.45) is 0 Å². The third kappa shape index (κ3) is 3.32. The first kappa shape index (κ1) is 13.5. The molecule has 0 aromatic carbocycles. The van der Waals surface area contributed by atoms with E-state index in [1.54, 1.807) is 17.1 Å². The van der Waals surface area contributed by atoms with E-state index in [1.807, 2.05) is 26.0 Å². The average Bonchev–Trinajstić information content (AvgIpc) is 2.65. The van der Waals surface area contributed by atoms with E-state index in [9.17, 15) is 4.79 Å². The van der Waals surface area contributed by atoms with Crippen molar-refractivity contribution in [1.29, 1.82) is 0 Å². The molecule has 2 heterocycles. The smallest absolute Gasteiger partial charge is 0.242 e. The molecule has 0 aliphatic carbocycles. The predicted molar refractivity (Wildman–Crippen MR) is 72.8 cm³/mol. The van der Waals surface area contributed by atoms with Gasteiger partial charge in [-0.2, -0.15) is 5.10 Å². The maximum absolute atomic E-state index is 11.8. The standard InChI is InChI=1S/C13H15ClN4O/c1-9-13(14)10(2)18(17-9)8-12(19)16-7-11-3-5-15-6-4-11/h3-6H,7-8H2,1-2H3,(H,16,19). The van der Waals surface area contributed by atoms with Crippen molar-refractivity contribution in [2.45, 2.75) is 26.9 Å². The van der Waals surface area contributed by atoms with Crippen LogP contribution in [0.4, 0.5) is 0 Å². The van der Waals surface area contributed by atoms with Gasteiger partial charge in [-0.15, -0.1) is 0 Å². The van der Waals surface area contributed by atoms with Crippen molar-refractivity contribution in [3.63, 3.8) is 0 Å². The number of halogens is 1. The number of rotatable bonds is 4. The first-order valence-electron chi connectivity index (χ1n) is 5.93. The minimum atomic E-state index is -0.0981. The Morgan fingerprint density at radius 1 is 1.37 bits per heavy atom. The maximum Gasteiger partial charge on any atom is 0.242 e. The molecule has 1 amide bonds. The van der Waals surface area contributed by atoms with E-state index in [-0.39, 0.29) is 12.5 Å². The number of nitrogens with zero attached hydrogens (tertiary/aromatic N) is 3.